The Labute approximate surface area is 336 Å². The highest BCUT2D eigenvalue weighted by Crippen LogP contribution is 2.53. The van der Waals surface area contributed by atoms with Crippen LogP contribution in [0.15, 0.2) is 0 Å². The topological polar surface area (TPSA) is 76.1 Å². The summed E-state index contributed by atoms with van der Waals surface area (Å²) in [6, 6.07) is 0. The maximum atomic E-state index is 13.2. The molecule has 0 aromatic heterocycles. The monoisotopic (exact) mass is 764 g/mol. The normalized spacial score (nSPS) is 13.9. The standard InChI is InChI=1S/C48H93NO5/c1-6-9-12-15-18-21-26-33-45(51)53-43-47(4,5)34-27-22-29-38-49(40-41-50)39-30-23-28-35-48(36-37-48)42-46(52)54-44(31-24-19-16-13-10-7-2)32-25-20-17-14-11-8-3/h44,50H,6-43H2,1-5H3. The number of carbonyl (C=O) groups is 2. The van der Waals surface area contributed by atoms with Gasteiger partial charge in [0.25, 0.3) is 0 Å². The molecule has 0 atom stereocenters. The van der Waals surface area contributed by atoms with Gasteiger partial charge < -0.3 is 19.5 Å². The lowest BCUT2D eigenvalue weighted by atomic mass is 9.88. The molecular formula is C48H93NO5. The quantitative estimate of drug-likeness (QED) is 0.0494. The van der Waals surface area contributed by atoms with Gasteiger partial charge in [-0.1, -0.05) is 163 Å². The van der Waals surface area contributed by atoms with Gasteiger partial charge in [-0.3, -0.25) is 9.59 Å². The highest BCUT2D eigenvalue weighted by molar-refractivity contribution is 5.71. The third kappa shape index (κ3) is 30.1. The number of aliphatic hydroxyl groups excluding tert-OH is 1. The van der Waals surface area contributed by atoms with Gasteiger partial charge in [0.15, 0.2) is 0 Å². The Hall–Kier alpha value is -1.14. The van der Waals surface area contributed by atoms with Crippen LogP contribution in [-0.4, -0.2) is 60.9 Å². The molecule has 1 fully saturated rings. The number of hydrogen-bond donors (Lipinski definition) is 1. The highest BCUT2D eigenvalue weighted by Gasteiger charge is 2.44. The molecule has 0 radical (unpaired) electrons. The van der Waals surface area contributed by atoms with Crippen molar-refractivity contribution < 1.29 is 24.2 Å². The number of unbranched alkanes of at least 4 members (excludes halogenated alkanes) is 20. The molecule has 1 saturated carbocycles. The zero-order valence-corrected chi connectivity index (χ0v) is 37.0. The van der Waals surface area contributed by atoms with E-state index >= 15 is 0 Å². The summed E-state index contributed by atoms with van der Waals surface area (Å²) < 4.78 is 11.9. The maximum absolute atomic E-state index is 13.2. The van der Waals surface area contributed by atoms with Gasteiger partial charge in [-0.25, -0.2) is 0 Å². The summed E-state index contributed by atoms with van der Waals surface area (Å²) in [5.41, 5.74) is 0.214. The van der Waals surface area contributed by atoms with E-state index in [0.29, 0.717) is 19.4 Å². The van der Waals surface area contributed by atoms with Crippen molar-refractivity contribution in [3.63, 3.8) is 0 Å². The fourth-order valence-electron chi connectivity index (χ4n) is 8.04. The van der Waals surface area contributed by atoms with Crippen LogP contribution >= 0.6 is 0 Å². The van der Waals surface area contributed by atoms with Crippen molar-refractivity contribution >= 4 is 11.9 Å². The van der Waals surface area contributed by atoms with E-state index in [0.717, 1.165) is 83.8 Å². The molecule has 1 rings (SSSR count). The van der Waals surface area contributed by atoms with Crippen LogP contribution < -0.4 is 0 Å². The molecule has 1 N–H and O–H groups in total. The Morgan fingerprint density at radius 1 is 0.611 bits per heavy atom. The Bertz CT molecular complexity index is 855. The van der Waals surface area contributed by atoms with E-state index in [1.807, 2.05) is 0 Å². The van der Waals surface area contributed by atoms with Crippen molar-refractivity contribution in [2.24, 2.45) is 10.8 Å². The first-order chi connectivity index (χ1) is 26.2. The smallest absolute Gasteiger partial charge is 0.306 e. The van der Waals surface area contributed by atoms with Crippen molar-refractivity contribution in [3.05, 3.63) is 0 Å². The minimum absolute atomic E-state index is 0.0130. The predicted molar refractivity (Wildman–Crippen MR) is 230 cm³/mol. The minimum atomic E-state index is -0.0348. The third-order valence-electron chi connectivity index (χ3n) is 12.1. The van der Waals surface area contributed by atoms with E-state index < -0.39 is 0 Å². The Balaban J connectivity index is 2.26. The van der Waals surface area contributed by atoms with Crippen LogP contribution in [0.25, 0.3) is 0 Å². The largest absolute Gasteiger partial charge is 0.465 e. The number of rotatable bonds is 41. The summed E-state index contributed by atoms with van der Waals surface area (Å²) in [4.78, 5) is 27.8. The van der Waals surface area contributed by atoms with Gasteiger partial charge in [0.2, 0.25) is 0 Å². The molecule has 6 nitrogen and oxygen atoms in total. The third-order valence-corrected chi connectivity index (χ3v) is 12.1. The predicted octanol–water partition coefficient (Wildman–Crippen LogP) is 13.7. The number of ether oxygens (including phenoxy) is 2. The Kier molecular flexibility index (Phi) is 32.0. The molecule has 1 aliphatic rings. The molecule has 0 bridgehead atoms. The van der Waals surface area contributed by atoms with Crippen molar-refractivity contribution in [3.8, 4) is 0 Å². The van der Waals surface area contributed by atoms with E-state index in [9.17, 15) is 14.7 Å². The summed E-state index contributed by atoms with van der Waals surface area (Å²) in [6.45, 7) is 14.7. The summed E-state index contributed by atoms with van der Waals surface area (Å²) in [5, 5.41) is 9.68. The summed E-state index contributed by atoms with van der Waals surface area (Å²) >= 11 is 0. The van der Waals surface area contributed by atoms with E-state index in [1.165, 1.54) is 135 Å². The maximum Gasteiger partial charge on any atom is 0.306 e. The molecule has 320 valence electrons. The van der Waals surface area contributed by atoms with Crippen LogP contribution in [0.1, 0.15) is 247 Å². The highest BCUT2D eigenvalue weighted by atomic mass is 16.5. The fourth-order valence-corrected chi connectivity index (χ4v) is 8.04. The SMILES string of the molecule is CCCCCCCCCC(=O)OCC(C)(C)CCCCCN(CCO)CCCCCC1(CC(=O)OC(CCCCCCCC)CCCCCCCC)CC1. The van der Waals surface area contributed by atoms with E-state index in [-0.39, 0.29) is 35.5 Å². The first kappa shape index (κ1) is 50.9. The Morgan fingerprint density at radius 3 is 1.61 bits per heavy atom. The number of carbonyl (C=O) groups excluding carboxylic acids is 2. The van der Waals surface area contributed by atoms with Gasteiger partial charge in [0, 0.05) is 13.0 Å². The second kappa shape index (κ2) is 33.9. The van der Waals surface area contributed by atoms with Crippen LogP contribution in [0.5, 0.6) is 0 Å². The minimum Gasteiger partial charge on any atom is -0.465 e. The van der Waals surface area contributed by atoms with Crippen LogP contribution in [0.3, 0.4) is 0 Å². The molecule has 0 unspecified atom stereocenters. The van der Waals surface area contributed by atoms with Gasteiger partial charge in [-0.05, 0) is 94.5 Å². The van der Waals surface area contributed by atoms with Gasteiger partial charge in [0.05, 0.1) is 19.6 Å². The van der Waals surface area contributed by atoms with E-state index in [1.54, 1.807) is 0 Å². The van der Waals surface area contributed by atoms with E-state index in [4.69, 9.17) is 9.47 Å². The summed E-state index contributed by atoms with van der Waals surface area (Å²) in [5.74, 6) is 0.0270. The number of esters is 2. The number of aliphatic hydroxyl groups is 1. The Morgan fingerprint density at radius 2 is 1.09 bits per heavy atom. The van der Waals surface area contributed by atoms with E-state index in [2.05, 4.69) is 39.5 Å². The average Bonchev–Trinajstić information content (AvgIpc) is 3.91. The lowest BCUT2D eigenvalue weighted by molar-refractivity contribution is -0.151. The van der Waals surface area contributed by atoms with Crippen LogP contribution in [-0.2, 0) is 19.1 Å². The molecule has 0 amide bonds. The molecule has 0 aromatic carbocycles. The molecule has 0 aliphatic heterocycles. The first-order valence-corrected chi connectivity index (χ1v) is 23.9. The van der Waals surface area contributed by atoms with Crippen LogP contribution in [0.4, 0.5) is 0 Å². The summed E-state index contributed by atoms with van der Waals surface area (Å²) in [7, 11) is 0. The van der Waals surface area contributed by atoms with Crippen molar-refractivity contribution in [2.75, 3.05) is 32.8 Å². The molecule has 6 heteroatoms. The number of hydrogen-bond acceptors (Lipinski definition) is 6. The molecular weight excluding hydrogens is 671 g/mol. The lowest BCUT2D eigenvalue weighted by Gasteiger charge is -2.25. The summed E-state index contributed by atoms with van der Waals surface area (Å²) in [6.07, 6.45) is 38.8. The van der Waals surface area contributed by atoms with Crippen LogP contribution in [0, 0.1) is 10.8 Å². The van der Waals surface area contributed by atoms with Crippen molar-refractivity contribution in [2.45, 2.75) is 253 Å². The molecule has 54 heavy (non-hydrogen) atoms. The molecule has 1 aliphatic carbocycles. The fraction of sp³-hybridized carbons (Fsp3) is 0.958. The van der Waals surface area contributed by atoms with Crippen LogP contribution in [0.2, 0.25) is 0 Å². The zero-order valence-electron chi connectivity index (χ0n) is 37.0. The van der Waals surface area contributed by atoms with Gasteiger partial charge in [-0.2, -0.15) is 0 Å². The molecule has 0 aromatic rings. The number of nitrogens with zero attached hydrogens (tertiary/aromatic N) is 1. The second-order valence-corrected chi connectivity index (χ2v) is 18.3. The first-order valence-electron chi connectivity index (χ1n) is 23.9. The average molecular weight is 764 g/mol. The molecule has 0 saturated heterocycles. The zero-order chi connectivity index (χ0) is 39.6. The van der Waals surface area contributed by atoms with Gasteiger partial charge in [0.1, 0.15) is 6.10 Å². The molecule has 0 spiro atoms. The van der Waals surface area contributed by atoms with Gasteiger partial charge in [-0.15, -0.1) is 0 Å². The molecule has 0 heterocycles. The van der Waals surface area contributed by atoms with Crippen molar-refractivity contribution in [1.82, 2.24) is 4.90 Å². The van der Waals surface area contributed by atoms with Crippen molar-refractivity contribution in [1.29, 1.82) is 0 Å². The lowest BCUT2D eigenvalue weighted by Crippen LogP contribution is -2.29. The second-order valence-electron chi connectivity index (χ2n) is 18.3. The van der Waals surface area contributed by atoms with Gasteiger partial charge >= 0.3 is 11.9 Å².